The Morgan fingerprint density at radius 2 is 1.80 bits per heavy atom. The number of rotatable bonds is 3. The number of hydrogen-bond acceptors (Lipinski definition) is 7. The Balaban J connectivity index is 0.000000192. The Bertz CT molecular complexity index is 901. The normalized spacial score (nSPS) is 10.5. The van der Waals surface area contributed by atoms with Crippen LogP contribution in [-0.2, 0) is 44.5 Å². The standard InChI is InChI=1S/C10H7N3S4.C6H4Cl.Hg/c14-9-13-12-8(17-9)5-15-10-11-6-3-1-2-4-7(6)16-10;7-6-4-2-1-3-5-6;/h1-4H,5H2,(H,13,14);2-5H;/q;;+1/p-1. The molecule has 0 aliphatic carbocycles. The summed E-state index contributed by atoms with van der Waals surface area (Å²) >= 11 is 16.2. The zero-order valence-corrected chi connectivity index (χ0v) is 22.4. The van der Waals surface area contributed by atoms with Gasteiger partial charge in [-0.05, 0) is 16.5 Å². The van der Waals surface area contributed by atoms with Crippen LogP contribution in [0.4, 0.5) is 0 Å². The molecule has 0 bridgehead atoms. The van der Waals surface area contributed by atoms with Gasteiger partial charge >= 0.3 is 70.1 Å². The molecule has 4 aromatic rings. The third kappa shape index (κ3) is 6.11. The van der Waals surface area contributed by atoms with Gasteiger partial charge in [0.1, 0.15) is 0 Å². The number of benzene rings is 2. The van der Waals surface area contributed by atoms with Gasteiger partial charge in [-0.25, -0.2) is 4.98 Å². The van der Waals surface area contributed by atoms with Gasteiger partial charge in [0.25, 0.3) is 0 Å². The number of thioether (sulfide) groups is 1. The van der Waals surface area contributed by atoms with Gasteiger partial charge < -0.3 is 24.0 Å². The van der Waals surface area contributed by atoms with Crippen molar-refractivity contribution < 1.29 is 26.1 Å². The van der Waals surface area contributed by atoms with E-state index in [-0.39, 0.29) is 0 Å². The fourth-order valence-corrected chi connectivity index (χ4v) is 5.81. The van der Waals surface area contributed by atoms with Crippen molar-refractivity contribution >= 4 is 72.0 Å². The summed E-state index contributed by atoms with van der Waals surface area (Å²) in [4.78, 5) is 4.55. The third-order valence-corrected chi connectivity index (χ3v) is 8.46. The summed E-state index contributed by atoms with van der Waals surface area (Å²) in [5.41, 5.74) is 1.06. The smallest absolute Gasteiger partial charge is 0.151 e. The van der Waals surface area contributed by atoms with Gasteiger partial charge in [0.05, 0.1) is 10.2 Å². The van der Waals surface area contributed by atoms with Gasteiger partial charge in [-0.1, -0.05) is 23.9 Å². The molecule has 2 aromatic heterocycles. The summed E-state index contributed by atoms with van der Waals surface area (Å²) in [6, 6.07) is 16.2. The first kappa shape index (κ1) is 19.4. The molecule has 0 unspecified atom stereocenters. The number of fused-ring (bicyclic) bond motifs is 1. The summed E-state index contributed by atoms with van der Waals surface area (Å²) in [7, 11) is 0. The van der Waals surface area contributed by atoms with E-state index in [1.165, 1.54) is 19.1 Å². The second-order valence-electron chi connectivity index (χ2n) is 4.82. The Morgan fingerprint density at radius 3 is 2.44 bits per heavy atom. The first-order valence-electron chi connectivity index (χ1n) is 7.15. The zero-order valence-electron chi connectivity index (χ0n) is 12.9. The predicted molar refractivity (Wildman–Crippen MR) is 106 cm³/mol. The van der Waals surface area contributed by atoms with E-state index in [2.05, 4.69) is 33.4 Å². The van der Waals surface area contributed by atoms with Crippen molar-refractivity contribution in [1.82, 2.24) is 15.2 Å². The molecule has 3 nitrogen and oxygen atoms in total. The Hall–Kier alpha value is -0.315. The number of nitrogens with zero attached hydrogens (tertiary/aromatic N) is 3. The molecular formula is C16H10ClHgN3S4. The first-order chi connectivity index (χ1) is 12.1. The van der Waals surface area contributed by atoms with Crippen LogP contribution in [0, 0.1) is 0 Å². The number of hydrogen-bond donors (Lipinski definition) is 0. The van der Waals surface area contributed by atoms with Crippen molar-refractivity contribution in [2.24, 2.45) is 0 Å². The molecule has 0 aliphatic rings. The average molecular weight is 609 g/mol. The van der Waals surface area contributed by atoms with E-state index in [4.69, 9.17) is 24.2 Å². The van der Waals surface area contributed by atoms with Crippen LogP contribution in [0.25, 0.3) is 10.2 Å². The van der Waals surface area contributed by atoms with Gasteiger partial charge in [0, 0.05) is 10.8 Å². The van der Waals surface area contributed by atoms with E-state index in [1.807, 2.05) is 30.3 Å². The molecule has 0 spiro atoms. The van der Waals surface area contributed by atoms with Crippen LogP contribution in [0.5, 0.6) is 0 Å². The molecule has 2 heterocycles. The summed E-state index contributed by atoms with van der Waals surface area (Å²) in [6.45, 7) is 0. The third-order valence-electron chi connectivity index (χ3n) is 2.95. The van der Waals surface area contributed by atoms with Crippen molar-refractivity contribution in [2.45, 2.75) is 14.4 Å². The zero-order chi connectivity index (χ0) is 17.6. The second-order valence-corrected chi connectivity index (χ2v) is 12.4. The monoisotopic (exact) mass is 609 g/mol. The van der Waals surface area contributed by atoms with Crippen LogP contribution >= 0.6 is 46.0 Å². The van der Waals surface area contributed by atoms with E-state index < -0.39 is 0 Å². The molecule has 0 saturated carbocycles. The minimum absolute atomic E-state index is 0.602. The Kier molecular flexibility index (Phi) is 7.45. The fourth-order valence-electron chi connectivity index (χ4n) is 1.82. The SMILES string of the molecule is Clc1cc[c]([Hg+])cc1.[S-]c1nnc(CSc2nc3ccccc3s2)s1. The fraction of sp³-hybridized carbons (Fsp3) is 0.0625. The molecule has 2 aromatic carbocycles. The van der Waals surface area contributed by atoms with Crippen molar-refractivity contribution in [1.29, 1.82) is 0 Å². The molecule has 0 radical (unpaired) electrons. The minimum Gasteiger partial charge on any atom is -0.406 e. The summed E-state index contributed by atoms with van der Waals surface area (Å²) in [6.07, 6.45) is 0. The van der Waals surface area contributed by atoms with Gasteiger partial charge in [0.15, 0.2) is 4.34 Å². The van der Waals surface area contributed by atoms with Crippen LogP contribution < -0.4 is 3.07 Å². The molecule has 25 heavy (non-hydrogen) atoms. The Labute approximate surface area is 184 Å². The van der Waals surface area contributed by atoms with Crippen molar-refractivity contribution in [3.63, 3.8) is 0 Å². The van der Waals surface area contributed by atoms with Crippen LogP contribution in [-0.4, -0.2) is 15.2 Å². The van der Waals surface area contributed by atoms with Crippen LogP contribution in [0.15, 0.2) is 57.2 Å². The molecule has 0 atom stereocenters. The van der Waals surface area contributed by atoms with Crippen LogP contribution in [0.2, 0.25) is 5.02 Å². The molecular weight excluding hydrogens is 599 g/mol. The van der Waals surface area contributed by atoms with Gasteiger partial charge in [-0.15, -0.1) is 11.3 Å². The molecule has 4 rings (SSSR count). The first-order valence-corrected chi connectivity index (χ1v) is 13.3. The molecule has 0 fully saturated rings. The number of aromatic nitrogens is 3. The summed E-state index contributed by atoms with van der Waals surface area (Å²) < 4.78 is 4.32. The van der Waals surface area contributed by atoms with E-state index in [0.29, 0.717) is 4.34 Å². The Morgan fingerprint density at radius 1 is 1.04 bits per heavy atom. The molecule has 0 saturated heterocycles. The maximum absolute atomic E-state index is 5.63. The largest absolute Gasteiger partial charge is 0.406 e. The topological polar surface area (TPSA) is 38.7 Å². The molecule has 0 aliphatic heterocycles. The van der Waals surface area contributed by atoms with Gasteiger partial charge in [0.2, 0.25) is 0 Å². The minimum atomic E-state index is 0.602. The van der Waals surface area contributed by atoms with Gasteiger partial charge in [-0.3, -0.25) is 0 Å². The molecule has 0 N–H and O–H groups in total. The number of halogens is 1. The van der Waals surface area contributed by atoms with E-state index in [9.17, 15) is 0 Å². The quantitative estimate of drug-likeness (QED) is 0.189. The molecule has 9 heteroatoms. The number of thiazole rings is 1. The summed E-state index contributed by atoms with van der Waals surface area (Å²) in [5, 5.41) is 9.62. The predicted octanol–water partition coefficient (Wildman–Crippen LogP) is 4.86. The van der Waals surface area contributed by atoms with Crippen LogP contribution in [0.3, 0.4) is 0 Å². The van der Waals surface area contributed by atoms with Crippen molar-refractivity contribution in [3.8, 4) is 0 Å². The second kappa shape index (κ2) is 9.57. The van der Waals surface area contributed by atoms with E-state index in [1.54, 1.807) is 23.1 Å². The van der Waals surface area contributed by atoms with E-state index in [0.717, 1.165) is 51.8 Å². The van der Waals surface area contributed by atoms with Crippen LogP contribution in [0.1, 0.15) is 5.01 Å². The molecule has 0 amide bonds. The van der Waals surface area contributed by atoms with Crippen molar-refractivity contribution in [3.05, 3.63) is 58.6 Å². The number of para-hydroxylation sites is 1. The van der Waals surface area contributed by atoms with E-state index >= 15 is 0 Å². The average Bonchev–Trinajstić information content (AvgIpc) is 3.21. The summed E-state index contributed by atoms with van der Waals surface area (Å²) in [5.74, 6) is 0.786. The maximum Gasteiger partial charge on any atom is 0.151 e. The van der Waals surface area contributed by atoms with Crippen molar-refractivity contribution in [2.75, 3.05) is 0 Å². The van der Waals surface area contributed by atoms with Gasteiger partial charge in [-0.2, -0.15) is 10.2 Å². The maximum atomic E-state index is 5.63. The molecule has 122 valence electrons.